The lowest BCUT2D eigenvalue weighted by molar-refractivity contribution is 0.0944. The van der Waals surface area contributed by atoms with Crippen LogP contribution in [0.4, 0.5) is 0 Å². The first kappa shape index (κ1) is 15.3. The number of aromatic nitrogens is 2. The quantitative estimate of drug-likeness (QED) is 0.795. The van der Waals surface area contributed by atoms with Gasteiger partial charge < -0.3 is 14.6 Å². The molecule has 5 heteroatoms. The molecule has 0 aliphatic rings. The zero-order valence-corrected chi connectivity index (χ0v) is 12.5. The average Bonchev–Trinajstić information content (AvgIpc) is 2.93. The molecule has 0 unspecified atom stereocenters. The van der Waals surface area contributed by atoms with Gasteiger partial charge >= 0.3 is 0 Å². The lowest BCUT2D eigenvalue weighted by Gasteiger charge is -2.07. The average molecular weight is 287 g/mol. The number of benzene rings is 1. The molecule has 1 heterocycles. The van der Waals surface area contributed by atoms with E-state index in [1.165, 1.54) is 0 Å². The minimum absolute atomic E-state index is 0.0597. The number of carbonyl (C=O) groups is 1. The Labute approximate surface area is 125 Å². The molecule has 2 rings (SSSR count). The van der Waals surface area contributed by atoms with Gasteiger partial charge in [0.25, 0.3) is 5.91 Å². The first-order chi connectivity index (χ1) is 10.2. The van der Waals surface area contributed by atoms with E-state index in [1.807, 2.05) is 42.8 Å². The van der Waals surface area contributed by atoms with Crippen LogP contribution >= 0.6 is 0 Å². The van der Waals surface area contributed by atoms with Crippen LogP contribution < -0.4 is 5.32 Å². The van der Waals surface area contributed by atoms with Crippen LogP contribution in [0, 0.1) is 0 Å². The summed E-state index contributed by atoms with van der Waals surface area (Å²) < 4.78 is 7.17. The molecule has 0 radical (unpaired) electrons. The molecule has 0 atom stereocenters. The molecule has 0 aliphatic heterocycles. The smallest absolute Gasteiger partial charge is 0.251 e. The zero-order valence-electron chi connectivity index (χ0n) is 12.5. The van der Waals surface area contributed by atoms with Crippen LogP contribution in [0.3, 0.4) is 0 Å². The minimum atomic E-state index is -0.0597. The maximum absolute atomic E-state index is 12.1. The van der Waals surface area contributed by atoms with Crippen molar-refractivity contribution in [3.63, 3.8) is 0 Å². The number of imidazole rings is 1. The van der Waals surface area contributed by atoms with Gasteiger partial charge in [-0.3, -0.25) is 4.79 Å². The highest BCUT2D eigenvalue weighted by molar-refractivity contribution is 5.95. The van der Waals surface area contributed by atoms with Crippen molar-refractivity contribution in [3.8, 4) is 11.3 Å². The second-order valence-corrected chi connectivity index (χ2v) is 4.78. The number of hydrogen-bond donors (Lipinski definition) is 1. The number of hydrogen-bond acceptors (Lipinski definition) is 3. The lowest BCUT2D eigenvalue weighted by Crippen LogP contribution is -2.25. The third kappa shape index (κ3) is 4.16. The van der Waals surface area contributed by atoms with Gasteiger partial charge in [-0.15, -0.1) is 0 Å². The number of ether oxygens (including phenoxy) is 1. The molecule has 1 aromatic heterocycles. The summed E-state index contributed by atoms with van der Waals surface area (Å²) in [6.45, 7) is 3.96. The minimum Gasteiger partial charge on any atom is -0.382 e. The van der Waals surface area contributed by atoms with Gasteiger partial charge in [-0.2, -0.15) is 0 Å². The summed E-state index contributed by atoms with van der Waals surface area (Å²) >= 11 is 0. The molecule has 1 N–H and O–H groups in total. The Balaban J connectivity index is 1.97. The van der Waals surface area contributed by atoms with Crippen LogP contribution in [-0.4, -0.2) is 35.2 Å². The van der Waals surface area contributed by atoms with Crippen molar-refractivity contribution in [3.05, 3.63) is 42.4 Å². The van der Waals surface area contributed by atoms with Crippen molar-refractivity contribution < 1.29 is 9.53 Å². The van der Waals surface area contributed by atoms with Crippen LogP contribution in [0.15, 0.2) is 36.8 Å². The fourth-order valence-electron chi connectivity index (χ4n) is 2.08. The van der Waals surface area contributed by atoms with Gasteiger partial charge in [0.15, 0.2) is 0 Å². The fourth-order valence-corrected chi connectivity index (χ4v) is 2.08. The molecule has 2 aromatic rings. The first-order valence-electron chi connectivity index (χ1n) is 7.15. The molecule has 0 spiro atoms. The van der Waals surface area contributed by atoms with Crippen molar-refractivity contribution >= 4 is 5.91 Å². The summed E-state index contributed by atoms with van der Waals surface area (Å²) in [5.41, 5.74) is 2.63. The van der Waals surface area contributed by atoms with E-state index in [0.717, 1.165) is 17.7 Å². The van der Waals surface area contributed by atoms with Gasteiger partial charge in [0.1, 0.15) is 0 Å². The van der Waals surface area contributed by atoms with Crippen molar-refractivity contribution in [2.24, 2.45) is 7.05 Å². The lowest BCUT2D eigenvalue weighted by atomic mass is 10.1. The largest absolute Gasteiger partial charge is 0.382 e. The maximum Gasteiger partial charge on any atom is 0.251 e. The SMILES string of the molecule is CCOCCCNC(=O)c1cccc(-c2cncn2C)c1. The predicted octanol–water partition coefficient (Wildman–Crippen LogP) is 2.24. The van der Waals surface area contributed by atoms with E-state index in [-0.39, 0.29) is 5.91 Å². The Morgan fingerprint density at radius 2 is 2.29 bits per heavy atom. The van der Waals surface area contributed by atoms with Crippen molar-refractivity contribution in [1.82, 2.24) is 14.9 Å². The van der Waals surface area contributed by atoms with E-state index in [9.17, 15) is 4.79 Å². The zero-order chi connectivity index (χ0) is 15.1. The summed E-state index contributed by atoms with van der Waals surface area (Å²) in [7, 11) is 1.93. The number of rotatable bonds is 7. The highest BCUT2D eigenvalue weighted by Crippen LogP contribution is 2.19. The molecular formula is C16H21N3O2. The third-order valence-electron chi connectivity index (χ3n) is 3.19. The Morgan fingerprint density at radius 1 is 1.43 bits per heavy atom. The van der Waals surface area contributed by atoms with E-state index >= 15 is 0 Å². The van der Waals surface area contributed by atoms with Gasteiger partial charge in [-0.05, 0) is 25.5 Å². The number of nitrogens with one attached hydrogen (secondary N) is 1. The summed E-state index contributed by atoms with van der Waals surface area (Å²) in [4.78, 5) is 16.2. The predicted molar refractivity (Wildman–Crippen MR) is 82.1 cm³/mol. The third-order valence-corrected chi connectivity index (χ3v) is 3.19. The first-order valence-corrected chi connectivity index (χ1v) is 7.15. The summed E-state index contributed by atoms with van der Waals surface area (Å²) in [5, 5.41) is 2.90. The van der Waals surface area contributed by atoms with Gasteiger partial charge in [0.05, 0.1) is 18.2 Å². The normalized spacial score (nSPS) is 10.6. The molecule has 0 bridgehead atoms. The fraction of sp³-hybridized carbons (Fsp3) is 0.375. The Kier molecular flexibility index (Phi) is 5.51. The highest BCUT2D eigenvalue weighted by Gasteiger charge is 2.08. The summed E-state index contributed by atoms with van der Waals surface area (Å²) in [6, 6.07) is 7.56. The van der Waals surface area contributed by atoms with E-state index < -0.39 is 0 Å². The van der Waals surface area contributed by atoms with Crippen molar-refractivity contribution in [2.45, 2.75) is 13.3 Å². The Bertz CT molecular complexity index is 593. The van der Waals surface area contributed by atoms with E-state index in [0.29, 0.717) is 25.3 Å². The van der Waals surface area contributed by atoms with Crippen LogP contribution in [0.25, 0.3) is 11.3 Å². The molecule has 0 fully saturated rings. The summed E-state index contributed by atoms with van der Waals surface area (Å²) in [5.74, 6) is -0.0597. The molecule has 5 nitrogen and oxygen atoms in total. The molecule has 112 valence electrons. The Hall–Kier alpha value is -2.14. The molecule has 1 amide bonds. The standard InChI is InChI=1S/C16H21N3O2/c1-3-21-9-5-8-18-16(20)14-7-4-6-13(10-14)15-11-17-12-19(15)2/h4,6-7,10-12H,3,5,8-9H2,1-2H3,(H,18,20). The summed E-state index contributed by atoms with van der Waals surface area (Å²) in [6.07, 6.45) is 4.36. The van der Waals surface area contributed by atoms with Gasteiger partial charge in [-0.25, -0.2) is 4.98 Å². The number of nitrogens with zero attached hydrogens (tertiary/aromatic N) is 2. The second kappa shape index (κ2) is 7.59. The number of carbonyl (C=O) groups excluding carboxylic acids is 1. The van der Waals surface area contributed by atoms with E-state index in [2.05, 4.69) is 10.3 Å². The van der Waals surface area contributed by atoms with Gasteiger partial charge in [0, 0.05) is 37.9 Å². The number of amides is 1. The van der Waals surface area contributed by atoms with Crippen LogP contribution in [-0.2, 0) is 11.8 Å². The van der Waals surface area contributed by atoms with Gasteiger partial charge in [-0.1, -0.05) is 12.1 Å². The molecule has 0 saturated carbocycles. The molecule has 1 aromatic carbocycles. The van der Waals surface area contributed by atoms with E-state index in [1.54, 1.807) is 12.5 Å². The van der Waals surface area contributed by atoms with Crippen molar-refractivity contribution in [2.75, 3.05) is 19.8 Å². The molecule has 0 aliphatic carbocycles. The second-order valence-electron chi connectivity index (χ2n) is 4.78. The van der Waals surface area contributed by atoms with E-state index in [4.69, 9.17) is 4.74 Å². The molecule has 21 heavy (non-hydrogen) atoms. The maximum atomic E-state index is 12.1. The van der Waals surface area contributed by atoms with Crippen LogP contribution in [0.2, 0.25) is 0 Å². The molecule has 0 saturated heterocycles. The van der Waals surface area contributed by atoms with Gasteiger partial charge in [0.2, 0.25) is 0 Å². The molecular weight excluding hydrogens is 266 g/mol. The van der Waals surface area contributed by atoms with Crippen LogP contribution in [0.5, 0.6) is 0 Å². The van der Waals surface area contributed by atoms with Crippen molar-refractivity contribution in [1.29, 1.82) is 0 Å². The topological polar surface area (TPSA) is 56.1 Å². The highest BCUT2D eigenvalue weighted by atomic mass is 16.5. The number of aryl methyl sites for hydroxylation is 1. The van der Waals surface area contributed by atoms with Crippen LogP contribution in [0.1, 0.15) is 23.7 Å². The monoisotopic (exact) mass is 287 g/mol. The Morgan fingerprint density at radius 3 is 3.00 bits per heavy atom.